The van der Waals surface area contributed by atoms with Crippen LogP contribution in [-0.4, -0.2) is 24.1 Å². The highest BCUT2D eigenvalue weighted by Crippen LogP contribution is 2.49. The Hall–Kier alpha value is -0.820. The summed E-state index contributed by atoms with van der Waals surface area (Å²) in [6.45, 7) is 3.87. The molecule has 2 atom stereocenters. The van der Waals surface area contributed by atoms with Crippen LogP contribution in [-0.2, 0) is 5.54 Å². The van der Waals surface area contributed by atoms with Gasteiger partial charge in [0, 0.05) is 18.4 Å². The summed E-state index contributed by atoms with van der Waals surface area (Å²) >= 11 is 0. The number of nitrogens with zero attached hydrogens (tertiary/aromatic N) is 1. The molecule has 0 amide bonds. The molecule has 0 radical (unpaired) electrons. The van der Waals surface area contributed by atoms with E-state index in [1.165, 1.54) is 62.4 Å². The zero-order valence-electron chi connectivity index (χ0n) is 13.3. The van der Waals surface area contributed by atoms with E-state index in [4.69, 9.17) is 0 Å². The highest BCUT2D eigenvalue weighted by Gasteiger charge is 2.52. The normalized spacial score (nSPS) is 33.8. The van der Waals surface area contributed by atoms with E-state index in [1.807, 2.05) is 0 Å². The Morgan fingerprint density at radius 2 is 1.65 bits per heavy atom. The second-order valence-electron chi connectivity index (χ2n) is 7.29. The van der Waals surface area contributed by atoms with Gasteiger partial charge < -0.3 is 4.48 Å². The number of piperidine rings is 1. The Morgan fingerprint density at radius 1 is 0.950 bits per heavy atom. The van der Waals surface area contributed by atoms with Crippen molar-refractivity contribution in [1.29, 1.82) is 0 Å². The van der Waals surface area contributed by atoms with E-state index in [1.54, 1.807) is 5.56 Å². The van der Waals surface area contributed by atoms with Crippen molar-refractivity contribution in [1.82, 2.24) is 0 Å². The Labute approximate surface area is 124 Å². The van der Waals surface area contributed by atoms with Gasteiger partial charge in [0.15, 0.2) is 0 Å². The van der Waals surface area contributed by atoms with E-state index >= 15 is 0 Å². The zero-order valence-corrected chi connectivity index (χ0v) is 13.3. The van der Waals surface area contributed by atoms with Gasteiger partial charge in [-0.05, 0) is 39.0 Å². The molecule has 1 saturated carbocycles. The van der Waals surface area contributed by atoms with Gasteiger partial charge in [-0.15, -0.1) is 0 Å². The van der Waals surface area contributed by atoms with Crippen molar-refractivity contribution in [2.24, 2.45) is 0 Å². The molecule has 3 rings (SSSR count). The summed E-state index contributed by atoms with van der Waals surface area (Å²) in [5.74, 6) is 0. The van der Waals surface area contributed by atoms with Gasteiger partial charge in [-0.2, -0.15) is 0 Å². The van der Waals surface area contributed by atoms with Crippen molar-refractivity contribution in [3.05, 3.63) is 35.9 Å². The maximum absolute atomic E-state index is 2.56. The van der Waals surface area contributed by atoms with Crippen LogP contribution in [0.5, 0.6) is 0 Å². The van der Waals surface area contributed by atoms with Crippen LogP contribution in [0, 0.1) is 0 Å². The number of benzene rings is 1. The molecule has 1 saturated heterocycles. The lowest BCUT2D eigenvalue weighted by Crippen LogP contribution is -2.66. The van der Waals surface area contributed by atoms with Crippen molar-refractivity contribution in [2.45, 2.75) is 69.9 Å². The van der Waals surface area contributed by atoms with Crippen LogP contribution in [0.4, 0.5) is 0 Å². The van der Waals surface area contributed by atoms with E-state index < -0.39 is 0 Å². The minimum atomic E-state index is 0.388. The number of likely N-dealkylation sites (tertiary alicyclic amines) is 1. The maximum atomic E-state index is 2.56. The summed E-state index contributed by atoms with van der Waals surface area (Å²) in [6.07, 6.45) is 11.3. The van der Waals surface area contributed by atoms with Crippen LogP contribution in [0.2, 0.25) is 0 Å². The molecule has 1 aromatic carbocycles. The highest BCUT2D eigenvalue weighted by atomic mass is 15.4. The lowest BCUT2D eigenvalue weighted by atomic mass is 9.71. The smallest absolute Gasteiger partial charge is 0.125 e. The van der Waals surface area contributed by atoms with Gasteiger partial charge in [-0.25, -0.2) is 0 Å². The molecule has 1 aromatic rings. The second-order valence-corrected chi connectivity index (χ2v) is 7.29. The lowest BCUT2D eigenvalue weighted by molar-refractivity contribution is -0.993. The van der Waals surface area contributed by atoms with E-state index in [9.17, 15) is 0 Å². The molecule has 2 fully saturated rings. The van der Waals surface area contributed by atoms with Crippen molar-refractivity contribution in [3.8, 4) is 0 Å². The average molecular weight is 272 g/mol. The maximum Gasteiger partial charge on any atom is 0.125 e. The molecular formula is C19H30N+. The van der Waals surface area contributed by atoms with Gasteiger partial charge in [-0.1, -0.05) is 36.8 Å². The van der Waals surface area contributed by atoms with Gasteiger partial charge >= 0.3 is 0 Å². The van der Waals surface area contributed by atoms with Gasteiger partial charge in [0.05, 0.1) is 19.6 Å². The Bertz CT molecular complexity index is 432. The first kappa shape index (κ1) is 14.1. The van der Waals surface area contributed by atoms with Crippen molar-refractivity contribution in [3.63, 3.8) is 0 Å². The Balaban J connectivity index is 2.05. The fourth-order valence-corrected chi connectivity index (χ4v) is 5.00. The van der Waals surface area contributed by atoms with Gasteiger partial charge in [0.1, 0.15) is 5.54 Å². The standard InChI is InChI=1S/C19H30N/c1-17-11-7-10-16-20(17,2)19(14-8-4-9-15-19)18-12-5-3-6-13-18/h3,5-6,12-13,17H,4,7-11,14-16H2,1-2H3/q+1. The van der Waals surface area contributed by atoms with Gasteiger partial charge in [0.2, 0.25) is 0 Å². The first-order chi connectivity index (χ1) is 9.69. The van der Waals surface area contributed by atoms with Crippen LogP contribution in [0.15, 0.2) is 30.3 Å². The van der Waals surface area contributed by atoms with Gasteiger partial charge in [0.25, 0.3) is 0 Å². The summed E-state index contributed by atoms with van der Waals surface area (Å²) in [6, 6.07) is 12.3. The second kappa shape index (κ2) is 5.52. The van der Waals surface area contributed by atoms with E-state index in [0.717, 1.165) is 6.04 Å². The summed E-state index contributed by atoms with van der Waals surface area (Å²) in [4.78, 5) is 0. The van der Waals surface area contributed by atoms with Crippen molar-refractivity contribution < 1.29 is 4.48 Å². The quantitative estimate of drug-likeness (QED) is 0.674. The van der Waals surface area contributed by atoms with Crippen LogP contribution in [0.25, 0.3) is 0 Å². The number of hydrogen-bond donors (Lipinski definition) is 0. The largest absolute Gasteiger partial charge is 0.315 e. The summed E-state index contributed by atoms with van der Waals surface area (Å²) in [7, 11) is 2.56. The number of hydrogen-bond acceptors (Lipinski definition) is 0. The molecular weight excluding hydrogens is 242 g/mol. The fraction of sp³-hybridized carbons (Fsp3) is 0.684. The number of quaternary nitrogens is 1. The highest BCUT2D eigenvalue weighted by molar-refractivity contribution is 5.23. The molecule has 1 aliphatic heterocycles. The molecule has 2 aliphatic rings. The molecule has 110 valence electrons. The SMILES string of the molecule is CC1CCCC[N+]1(C)C1(c2ccccc2)CCCCC1. The molecule has 1 nitrogen and oxygen atoms in total. The topological polar surface area (TPSA) is 0 Å². The minimum absolute atomic E-state index is 0.388. The van der Waals surface area contributed by atoms with Crippen LogP contribution in [0.1, 0.15) is 63.9 Å². The van der Waals surface area contributed by atoms with Crippen molar-refractivity contribution in [2.75, 3.05) is 13.6 Å². The molecule has 20 heavy (non-hydrogen) atoms. The molecule has 0 spiro atoms. The van der Waals surface area contributed by atoms with Crippen LogP contribution in [0.3, 0.4) is 0 Å². The third-order valence-corrected chi connectivity index (χ3v) is 6.44. The van der Waals surface area contributed by atoms with E-state index in [2.05, 4.69) is 44.3 Å². The van der Waals surface area contributed by atoms with Gasteiger partial charge in [-0.3, -0.25) is 0 Å². The number of rotatable bonds is 2. The average Bonchev–Trinajstić information content (AvgIpc) is 2.52. The Kier molecular flexibility index (Phi) is 3.90. The van der Waals surface area contributed by atoms with Crippen molar-refractivity contribution >= 4 is 0 Å². The molecule has 1 aliphatic carbocycles. The van der Waals surface area contributed by atoms with Crippen LogP contribution >= 0.6 is 0 Å². The third kappa shape index (κ3) is 2.11. The van der Waals surface area contributed by atoms with Crippen LogP contribution < -0.4 is 0 Å². The van der Waals surface area contributed by atoms with E-state index in [0.29, 0.717) is 5.54 Å². The molecule has 2 unspecified atom stereocenters. The summed E-state index contributed by atoms with van der Waals surface area (Å²) in [5.41, 5.74) is 2.00. The first-order valence-electron chi connectivity index (χ1n) is 8.60. The zero-order chi connectivity index (χ0) is 14.1. The molecule has 1 heteroatoms. The fourth-order valence-electron chi connectivity index (χ4n) is 5.00. The first-order valence-corrected chi connectivity index (χ1v) is 8.60. The molecule has 0 N–H and O–H groups in total. The van der Waals surface area contributed by atoms with E-state index in [-0.39, 0.29) is 0 Å². The third-order valence-electron chi connectivity index (χ3n) is 6.44. The molecule has 0 bridgehead atoms. The monoisotopic (exact) mass is 272 g/mol. The predicted octanol–water partition coefficient (Wildman–Crippen LogP) is 4.87. The summed E-state index contributed by atoms with van der Waals surface area (Å²) < 4.78 is 1.29. The minimum Gasteiger partial charge on any atom is -0.315 e. The lowest BCUT2D eigenvalue weighted by Gasteiger charge is -2.58. The Morgan fingerprint density at radius 3 is 2.30 bits per heavy atom. The summed E-state index contributed by atoms with van der Waals surface area (Å²) in [5, 5.41) is 0. The molecule has 0 aromatic heterocycles. The predicted molar refractivity (Wildman–Crippen MR) is 85.6 cm³/mol. The molecule has 1 heterocycles.